The summed E-state index contributed by atoms with van der Waals surface area (Å²) in [6.45, 7) is 4.22. The number of aromatic nitrogens is 2. The summed E-state index contributed by atoms with van der Waals surface area (Å²) in [5.41, 5.74) is 2.48. The molecule has 1 aromatic heterocycles. The summed E-state index contributed by atoms with van der Waals surface area (Å²) in [6, 6.07) is 7.60. The molecule has 30 heavy (non-hydrogen) atoms. The van der Waals surface area contributed by atoms with Crippen molar-refractivity contribution in [1.82, 2.24) is 14.7 Å². The molecule has 7 nitrogen and oxygen atoms in total. The summed E-state index contributed by atoms with van der Waals surface area (Å²) in [5, 5.41) is 4.66. The number of nitrogens with zero attached hydrogens (tertiary/aromatic N) is 3. The summed E-state index contributed by atoms with van der Waals surface area (Å²) < 4.78 is 69.4. The van der Waals surface area contributed by atoms with Crippen LogP contribution in [0.1, 0.15) is 30.1 Å². The zero-order valence-electron chi connectivity index (χ0n) is 16.7. The van der Waals surface area contributed by atoms with E-state index in [1.54, 1.807) is 4.68 Å². The molecule has 1 saturated heterocycles. The Balaban J connectivity index is 1.59. The molecule has 11 heteroatoms. The molecule has 0 N–H and O–H groups in total. The molecule has 0 spiro atoms. The van der Waals surface area contributed by atoms with Crippen LogP contribution in [0.4, 0.5) is 13.2 Å². The second-order valence-corrected chi connectivity index (χ2v) is 8.95. The summed E-state index contributed by atoms with van der Waals surface area (Å²) >= 11 is 0. The van der Waals surface area contributed by atoms with Gasteiger partial charge >= 0.3 is 6.36 Å². The van der Waals surface area contributed by atoms with Gasteiger partial charge in [0.2, 0.25) is 0 Å². The Morgan fingerprint density at radius 1 is 1.17 bits per heavy atom. The van der Waals surface area contributed by atoms with Crippen LogP contribution in [0, 0.1) is 6.92 Å². The molecule has 0 radical (unpaired) electrons. The van der Waals surface area contributed by atoms with E-state index in [0.717, 1.165) is 43.6 Å². The van der Waals surface area contributed by atoms with E-state index in [1.165, 1.54) is 24.3 Å². The molecule has 2 heterocycles. The molecule has 3 rings (SSSR count). The van der Waals surface area contributed by atoms with Crippen molar-refractivity contribution in [1.29, 1.82) is 0 Å². The minimum Gasteiger partial charge on any atom is -0.406 e. The van der Waals surface area contributed by atoms with Gasteiger partial charge in [-0.15, -0.1) is 13.2 Å². The lowest BCUT2D eigenvalue weighted by Crippen LogP contribution is -2.35. The van der Waals surface area contributed by atoms with Crippen LogP contribution in [-0.2, 0) is 14.3 Å². The molecule has 0 atom stereocenters. The van der Waals surface area contributed by atoms with Crippen molar-refractivity contribution in [3.8, 4) is 11.4 Å². The number of ether oxygens (including phenoxy) is 1. The van der Waals surface area contributed by atoms with E-state index in [9.17, 15) is 21.6 Å². The van der Waals surface area contributed by atoms with E-state index in [2.05, 4.69) is 14.7 Å². The first-order chi connectivity index (χ1) is 14.0. The molecular weight excluding hydrogens is 423 g/mol. The van der Waals surface area contributed by atoms with Gasteiger partial charge in [-0.05, 0) is 63.2 Å². The highest BCUT2D eigenvalue weighted by molar-refractivity contribution is 7.85. The Morgan fingerprint density at radius 3 is 2.37 bits per heavy atom. The lowest BCUT2D eigenvalue weighted by Gasteiger charge is -2.30. The zero-order valence-corrected chi connectivity index (χ0v) is 17.5. The largest absolute Gasteiger partial charge is 0.573 e. The number of hydrogen-bond acceptors (Lipinski definition) is 6. The topological polar surface area (TPSA) is 73.7 Å². The van der Waals surface area contributed by atoms with Crippen molar-refractivity contribution in [3.05, 3.63) is 41.7 Å². The summed E-state index contributed by atoms with van der Waals surface area (Å²) in [5.74, 6) is -0.00614. The predicted molar refractivity (Wildman–Crippen MR) is 104 cm³/mol. The Kier molecular flexibility index (Phi) is 6.73. The summed E-state index contributed by atoms with van der Waals surface area (Å²) in [7, 11) is -3.42. The fourth-order valence-corrected chi connectivity index (χ4v) is 3.90. The first-order valence-corrected chi connectivity index (χ1v) is 11.3. The first kappa shape index (κ1) is 22.6. The maximum absolute atomic E-state index is 12.3. The van der Waals surface area contributed by atoms with Crippen LogP contribution in [-0.4, -0.2) is 62.0 Å². The predicted octanol–water partition coefficient (Wildman–Crippen LogP) is 3.23. The van der Waals surface area contributed by atoms with Crippen molar-refractivity contribution >= 4 is 10.1 Å². The van der Waals surface area contributed by atoms with Crippen LogP contribution in [0.2, 0.25) is 0 Å². The smallest absolute Gasteiger partial charge is 0.406 e. The summed E-state index contributed by atoms with van der Waals surface area (Å²) in [6.07, 6.45) is -1.92. The number of aryl methyl sites for hydroxylation is 1. The third-order valence-corrected chi connectivity index (χ3v) is 5.53. The van der Waals surface area contributed by atoms with E-state index in [1.807, 2.05) is 13.0 Å². The molecule has 0 amide bonds. The van der Waals surface area contributed by atoms with Gasteiger partial charge in [0.05, 0.1) is 24.2 Å². The highest BCUT2D eigenvalue weighted by atomic mass is 32.2. The third kappa shape index (κ3) is 6.44. The molecule has 0 aliphatic carbocycles. The van der Waals surface area contributed by atoms with Crippen LogP contribution >= 0.6 is 0 Å². The van der Waals surface area contributed by atoms with Gasteiger partial charge in [0.1, 0.15) is 5.75 Å². The number of rotatable bonds is 7. The number of alkyl halides is 3. The molecule has 166 valence electrons. The zero-order chi connectivity index (χ0) is 21.9. The number of likely N-dealkylation sites (tertiary alicyclic amines) is 1. The minimum atomic E-state index is -4.72. The third-order valence-electron chi connectivity index (χ3n) is 4.93. The van der Waals surface area contributed by atoms with Gasteiger partial charge in [0.25, 0.3) is 10.1 Å². The van der Waals surface area contributed by atoms with Crippen molar-refractivity contribution in [2.24, 2.45) is 0 Å². The van der Waals surface area contributed by atoms with Gasteiger partial charge in [0.15, 0.2) is 0 Å². The van der Waals surface area contributed by atoms with Crippen LogP contribution < -0.4 is 4.74 Å². The molecule has 1 aliphatic rings. The lowest BCUT2D eigenvalue weighted by atomic mass is 9.93. The van der Waals surface area contributed by atoms with E-state index >= 15 is 0 Å². The Hall–Kier alpha value is -2.11. The molecule has 0 unspecified atom stereocenters. The Morgan fingerprint density at radius 2 is 1.80 bits per heavy atom. The second-order valence-electron chi connectivity index (χ2n) is 7.31. The van der Waals surface area contributed by atoms with Crippen molar-refractivity contribution in [3.63, 3.8) is 0 Å². The first-order valence-electron chi connectivity index (χ1n) is 9.50. The van der Waals surface area contributed by atoms with Crippen molar-refractivity contribution < 1.29 is 30.5 Å². The molecular formula is C19H24F3N3O4S. The van der Waals surface area contributed by atoms with Crippen LogP contribution in [0.3, 0.4) is 0 Å². The minimum absolute atomic E-state index is 0.144. The maximum Gasteiger partial charge on any atom is 0.573 e. The molecule has 1 fully saturated rings. The molecule has 1 aromatic carbocycles. The monoisotopic (exact) mass is 447 g/mol. The standard InChI is InChI=1S/C19H24F3N3O4S/c1-14-13-18(15-7-9-24(10-8-15)11-12-28-30(2,26)27)23-25(14)16-3-5-17(6-4-16)29-19(20,21)22/h3-6,13,15H,7-12H2,1-2H3. The molecule has 2 aromatic rings. The van der Waals surface area contributed by atoms with Gasteiger partial charge in [-0.1, -0.05) is 0 Å². The molecule has 1 aliphatic heterocycles. The highest BCUT2D eigenvalue weighted by Crippen LogP contribution is 2.29. The van der Waals surface area contributed by atoms with Gasteiger partial charge in [-0.3, -0.25) is 4.18 Å². The Labute approximate surface area is 173 Å². The SMILES string of the molecule is Cc1cc(C2CCN(CCOS(C)(=O)=O)CC2)nn1-c1ccc(OC(F)(F)F)cc1. The number of piperidine rings is 1. The van der Waals surface area contributed by atoms with E-state index < -0.39 is 16.5 Å². The van der Waals surface area contributed by atoms with Crippen molar-refractivity contribution in [2.75, 3.05) is 32.5 Å². The number of benzene rings is 1. The maximum atomic E-state index is 12.3. The van der Waals surface area contributed by atoms with E-state index in [4.69, 9.17) is 4.18 Å². The van der Waals surface area contributed by atoms with E-state index in [0.29, 0.717) is 12.2 Å². The Bertz CT molecular complexity index is 950. The van der Waals surface area contributed by atoms with Crippen LogP contribution in [0.15, 0.2) is 30.3 Å². The quantitative estimate of drug-likeness (QED) is 0.607. The van der Waals surface area contributed by atoms with Crippen LogP contribution in [0.5, 0.6) is 5.75 Å². The average molecular weight is 447 g/mol. The van der Waals surface area contributed by atoms with Gasteiger partial charge in [-0.25, -0.2) is 4.68 Å². The van der Waals surface area contributed by atoms with E-state index in [-0.39, 0.29) is 18.3 Å². The highest BCUT2D eigenvalue weighted by Gasteiger charge is 2.31. The van der Waals surface area contributed by atoms with Crippen LogP contribution in [0.25, 0.3) is 5.69 Å². The number of hydrogen-bond donors (Lipinski definition) is 0. The normalized spacial score (nSPS) is 16.7. The van der Waals surface area contributed by atoms with Gasteiger partial charge in [0, 0.05) is 18.2 Å². The molecule has 0 saturated carbocycles. The number of halogens is 3. The lowest BCUT2D eigenvalue weighted by molar-refractivity contribution is -0.274. The van der Waals surface area contributed by atoms with Gasteiger partial charge < -0.3 is 9.64 Å². The summed E-state index contributed by atoms with van der Waals surface area (Å²) in [4.78, 5) is 2.16. The second kappa shape index (κ2) is 8.94. The fourth-order valence-electron chi connectivity index (χ4n) is 3.52. The van der Waals surface area contributed by atoms with Gasteiger partial charge in [-0.2, -0.15) is 13.5 Å². The average Bonchev–Trinajstić information content (AvgIpc) is 3.02. The molecule has 0 bridgehead atoms. The fraction of sp³-hybridized carbons (Fsp3) is 0.526. The van der Waals surface area contributed by atoms with Crippen molar-refractivity contribution in [2.45, 2.75) is 32.0 Å².